The molecule has 5 nitrogen and oxygen atoms in total. The molecule has 5 heteroatoms. The van der Waals surface area contributed by atoms with E-state index in [4.69, 9.17) is 0 Å². The van der Waals surface area contributed by atoms with Gasteiger partial charge in [-0.3, -0.25) is 0 Å². The molecular formula is C16H28N4O. The first-order valence-corrected chi connectivity index (χ1v) is 8.19. The van der Waals surface area contributed by atoms with Crippen LogP contribution < -0.4 is 5.32 Å². The van der Waals surface area contributed by atoms with Gasteiger partial charge in [-0.15, -0.1) is 0 Å². The van der Waals surface area contributed by atoms with Crippen molar-refractivity contribution in [2.75, 3.05) is 19.6 Å². The molecule has 1 aliphatic rings. The Labute approximate surface area is 127 Å². The number of hydrogen-bond donors (Lipinski definition) is 1. The molecule has 2 heterocycles. The monoisotopic (exact) mass is 292 g/mol. The summed E-state index contributed by atoms with van der Waals surface area (Å²) < 4.78 is 2.34. The van der Waals surface area contributed by atoms with E-state index in [1.165, 1.54) is 11.5 Å². The van der Waals surface area contributed by atoms with E-state index in [0.717, 1.165) is 45.3 Å². The number of aryl methyl sites for hydroxylation is 1. The number of carbonyl (C=O) groups is 1. The molecule has 0 bridgehead atoms. The lowest BCUT2D eigenvalue weighted by Gasteiger charge is -2.32. The van der Waals surface area contributed by atoms with Crippen molar-refractivity contribution in [3.8, 4) is 0 Å². The molecule has 1 fully saturated rings. The summed E-state index contributed by atoms with van der Waals surface area (Å²) in [5.74, 6) is 1.86. The number of piperidine rings is 1. The molecule has 1 aliphatic heterocycles. The highest BCUT2D eigenvalue weighted by atomic mass is 16.2. The second-order valence-corrected chi connectivity index (χ2v) is 5.94. The summed E-state index contributed by atoms with van der Waals surface area (Å²) in [6, 6.07) is 0.0827. The minimum absolute atomic E-state index is 0.0827. The third-order valence-corrected chi connectivity index (χ3v) is 4.29. The normalized spacial score (nSPS) is 16.2. The standard InChI is InChI=1S/C16H28N4O/c1-4-8-20-13(3)12-18-15(20)11-14-6-9-19(10-7-14)16(21)17-5-2/h12,14H,4-11H2,1-3H3,(H,17,21). The number of hydrogen-bond acceptors (Lipinski definition) is 2. The number of amides is 2. The zero-order valence-corrected chi connectivity index (χ0v) is 13.6. The number of aromatic nitrogens is 2. The van der Waals surface area contributed by atoms with Crippen LogP contribution in [-0.4, -0.2) is 40.1 Å². The minimum Gasteiger partial charge on any atom is -0.338 e. The van der Waals surface area contributed by atoms with Gasteiger partial charge in [-0.1, -0.05) is 6.92 Å². The van der Waals surface area contributed by atoms with Crippen LogP contribution >= 0.6 is 0 Å². The quantitative estimate of drug-likeness (QED) is 0.907. The topological polar surface area (TPSA) is 50.2 Å². The van der Waals surface area contributed by atoms with E-state index < -0.39 is 0 Å². The first kappa shape index (κ1) is 15.9. The summed E-state index contributed by atoms with van der Waals surface area (Å²) in [6.07, 6.45) is 6.32. The third-order valence-electron chi connectivity index (χ3n) is 4.29. The van der Waals surface area contributed by atoms with Crippen LogP contribution in [0.5, 0.6) is 0 Å². The number of urea groups is 1. The van der Waals surface area contributed by atoms with Gasteiger partial charge in [0.25, 0.3) is 0 Å². The van der Waals surface area contributed by atoms with Crippen LogP contribution in [-0.2, 0) is 13.0 Å². The molecule has 0 saturated carbocycles. The molecule has 0 aromatic carbocycles. The highest BCUT2D eigenvalue weighted by Gasteiger charge is 2.23. The van der Waals surface area contributed by atoms with Crippen LogP contribution in [0.15, 0.2) is 6.20 Å². The average molecular weight is 292 g/mol. The highest BCUT2D eigenvalue weighted by Crippen LogP contribution is 2.22. The second-order valence-electron chi connectivity index (χ2n) is 5.94. The number of rotatable bonds is 5. The van der Waals surface area contributed by atoms with Gasteiger partial charge in [0.15, 0.2) is 0 Å². The smallest absolute Gasteiger partial charge is 0.317 e. The van der Waals surface area contributed by atoms with Crippen molar-refractivity contribution in [3.05, 3.63) is 17.7 Å². The van der Waals surface area contributed by atoms with Crippen LogP contribution in [0.1, 0.15) is 44.6 Å². The lowest BCUT2D eigenvalue weighted by molar-refractivity contribution is 0.170. The lowest BCUT2D eigenvalue weighted by Crippen LogP contribution is -2.44. The number of nitrogens with one attached hydrogen (secondary N) is 1. The first-order valence-electron chi connectivity index (χ1n) is 8.19. The molecular weight excluding hydrogens is 264 g/mol. The average Bonchev–Trinajstić information content (AvgIpc) is 2.82. The maximum atomic E-state index is 11.8. The van der Waals surface area contributed by atoms with Crippen LogP contribution in [0.2, 0.25) is 0 Å². The lowest BCUT2D eigenvalue weighted by atomic mass is 9.93. The molecule has 2 amide bonds. The largest absolute Gasteiger partial charge is 0.338 e. The Balaban J connectivity index is 1.87. The van der Waals surface area contributed by atoms with Crippen molar-refractivity contribution in [1.29, 1.82) is 0 Å². The fourth-order valence-electron chi connectivity index (χ4n) is 3.06. The van der Waals surface area contributed by atoms with Crippen LogP contribution in [0.3, 0.4) is 0 Å². The van der Waals surface area contributed by atoms with Gasteiger partial charge in [-0.25, -0.2) is 9.78 Å². The Morgan fingerprint density at radius 3 is 2.71 bits per heavy atom. The predicted molar refractivity (Wildman–Crippen MR) is 84.3 cm³/mol. The van der Waals surface area contributed by atoms with Crippen LogP contribution in [0, 0.1) is 12.8 Å². The molecule has 0 radical (unpaired) electrons. The zero-order chi connectivity index (χ0) is 15.2. The van der Waals surface area contributed by atoms with Gasteiger partial charge in [-0.05, 0) is 39.0 Å². The van der Waals surface area contributed by atoms with Crippen molar-refractivity contribution in [2.24, 2.45) is 5.92 Å². The van der Waals surface area contributed by atoms with E-state index in [2.05, 4.69) is 28.7 Å². The maximum absolute atomic E-state index is 11.8. The second kappa shape index (κ2) is 7.48. The molecule has 118 valence electrons. The van der Waals surface area contributed by atoms with Gasteiger partial charge in [0.05, 0.1) is 0 Å². The van der Waals surface area contributed by atoms with Crippen molar-refractivity contribution >= 4 is 6.03 Å². The van der Waals surface area contributed by atoms with Gasteiger partial charge >= 0.3 is 6.03 Å². The summed E-state index contributed by atoms with van der Waals surface area (Å²) in [6.45, 7) is 9.78. The van der Waals surface area contributed by atoms with Gasteiger partial charge < -0.3 is 14.8 Å². The molecule has 1 aromatic rings. The van der Waals surface area contributed by atoms with E-state index in [0.29, 0.717) is 12.5 Å². The summed E-state index contributed by atoms with van der Waals surface area (Å²) in [5, 5.41) is 2.88. The zero-order valence-electron chi connectivity index (χ0n) is 13.6. The van der Waals surface area contributed by atoms with Crippen LogP contribution in [0.4, 0.5) is 4.79 Å². The fraction of sp³-hybridized carbons (Fsp3) is 0.750. The Morgan fingerprint density at radius 2 is 2.10 bits per heavy atom. The summed E-state index contributed by atoms with van der Waals surface area (Å²) >= 11 is 0. The number of likely N-dealkylation sites (tertiary alicyclic amines) is 1. The third kappa shape index (κ3) is 3.99. The minimum atomic E-state index is 0.0827. The van der Waals surface area contributed by atoms with E-state index in [1.807, 2.05) is 18.0 Å². The van der Waals surface area contributed by atoms with Crippen molar-refractivity contribution < 1.29 is 4.79 Å². The first-order chi connectivity index (χ1) is 10.2. The van der Waals surface area contributed by atoms with Gasteiger partial charge in [-0.2, -0.15) is 0 Å². The molecule has 2 rings (SSSR count). The molecule has 1 aromatic heterocycles. The van der Waals surface area contributed by atoms with Crippen molar-refractivity contribution in [1.82, 2.24) is 19.8 Å². The van der Waals surface area contributed by atoms with E-state index in [1.54, 1.807) is 0 Å². The van der Waals surface area contributed by atoms with E-state index in [9.17, 15) is 4.79 Å². The van der Waals surface area contributed by atoms with E-state index >= 15 is 0 Å². The molecule has 0 unspecified atom stereocenters. The van der Waals surface area contributed by atoms with Gasteiger partial charge in [0, 0.05) is 44.5 Å². The van der Waals surface area contributed by atoms with Crippen molar-refractivity contribution in [2.45, 2.75) is 53.0 Å². The number of carbonyl (C=O) groups excluding carboxylic acids is 1. The Morgan fingerprint density at radius 1 is 1.38 bits per heavy atom. The molecule has 0 atom stereocenters. The Bertz CT molecular complexity index is 461. The summed E-state index contributed by atoms with van der Waals surface area (Å²) in [7, 11) is 0. The molecule has 0 spiro atoms. The predicted octanol–water partition coefficient (Wildman–Crippen LogP) is 2.59. The summed E-state index contributed by atoms with van der Waals surface area (Å²) in [5.41, 5.74) is 1.26. The van der Waals surface area contributed by atoms with Crippen LogP contribution in [0.25, 0.3) is 0 Å². The fourth-order valence-corrected chi connectivity index (χ4v) is 3.06. The number of imidazole rings is 1. The molecule has 0 aliphatic carbocycles. The Hall–Kier alpha value is -1.52. The summed E-state index contributed by atoms with van der Waals surface area (Å²) in [4.78, 5) is 18.3. The molecule has 1 N–H and O–H groups in total. The highest BCUT2D eigenvalue weighted by molar-refractivity contribution is 5.74. The SMILES string of the molecule is CCCn1c(C)cnc1CC1CCN(C(=O)NCC)CC1. The van der Waals surface area contributed by atoms with Crippen molar-refractivity contribution in [3.63, 3.8) is 0 Å². The molecule has 21 heavy (non-hydrogen) atoms. The van der Waals surface area contributed by atoms with Gasteiger partial charge in [0.2, 0.25) is 0 Å². The molecule has 1 saturated heterocycles. The van der Waals surface area contributed by atoms with E-state index in [-0.39, 0.29) is 6.03 Å². The number of nitrogens with zero attached hydrogens (tertiary/aromatic N) is 3. The van der Waals surface area contributed by atoms with Gasteiger partial charge in [0.1, 0.15) is 5.82 Å². The Kier molecular flexibility index (Phi) is 5.65. The maximum Gasteiger partial charge on any atom is 0.317 e.